The lowest BCUT2D eigenvalue weighted by Crippen LogP contribution is -2.31. The first-order valence-electron chi connectivity index (χ1n) is 11.5. The van der Waals surface area contributed by atoms with Crippen LogP contribution < -0.4 is 10.1 Å². The Bertz CT molecular complexity index is 1120. The second-order valence-corrected chi connectivity index (χ2v) is 9.88. The summed E-state index contributed by atoms with van der Waals surface area (Å²) in [4.78, 5) is 12.3. The van der Waals surface area contributed by atoms with Crippen LogP contribution in [0.1, 0.15) is 43.4 Å². The van der Waals surface area contributed by atoms with E-state index in [0.717, 1.165) is 23.2 Å². The van der Waals surface area contributed by atoms with Crippen LogP contribution in [0.5, 0.6) is 5.75 Å². The molecule has 0 saturated carbocycles. The summed E-state index contributed by atoms with van der Waals surface area (Å²) in [6.07, 6.45) is 0.915. The van der Waals surface area contributed by atoms with E-state index in [2.05, 4.69) is 25.2 Å². The molecule has 1 aliphatic rings. The van der Waals surface area contributed by atoms with E-state index in [9.17, 15) is 4.79 Å². The Morgan fingerprint density at radius 3 is 2.59 bits per heavy atom. The molecule has 3 aromatic rings. The molecule has 0 spiro atoms. The Hall–Kier alpha value is -2.53. The van der Waals surface area contributed by atoms with E-state index < -0.39 is 0 Å². The Balaban J connectivity index is 1.43. The van der Waals surface area contributed by atoms with Crippen molar-refractivity contribution in [3.8, 4) is 5.75 Å². The van der Waals surface area contributed by atoms with Gasteiger partial charge in [0, 0.05) is 21.7 Å². The maximum atomic E-state index is 12.3. The number of anilines is 1. The highest BCUT2D eigenvalue weighted by Crippen LogP contribution is 2.45. The molecular formula is C28H29Cl2NO3. The minimum Gasteiger partial charge on any atom is -0.484 e. The summed E-state index contributed by atoms with van der Waals surface area (Å²) in [5.74, 6) is 1.39. The molecule has 178 valence electrons. The molecule has 1 fully saturated rings. The first-order valence-corrected chi connectivity index (χ1v) is 12.3. The van der Waals surface area contributed by atoms with Gasteiger partial charge in [-0.05, 0) is 65.8 Å². The minimum atomic E-state index is -0.201. The maximum Gasteiger partial charge on any atom is 0.262 e. The van der Waals surface area contributed by atoms with E-state index in [1.807, 2.05) is 60.7 Å². The largest absolute Gasteiger partial charge is 0.484 e. The standard InChI is InChI=1S/C28H29Cl2NO3/c1-18(2)25-14-20(24-12-11-21(29)15-26(24)30)16-34-28(25)19-7-6-10-23(13-19)33-17-27(32)31-22-8-4-3-5-9-22/h3-13,15,18,20,25,28H,14,16-17H2,1-2H3,(H,31,32)/t20-,25-,28-/m0/s1. The lowest BCUT2D eigenvalue weighted by molar-refractivity contribution is -0.118. The van der Waals surface area contributed by atoms with E-state index >= 15 is 0 Å². The van der Waals surface area contributed by atoms with E-state index in [1.165, 1.54) is 0 Å². The van der Waals surface area contributed by atoms with Gasteiger partial charge in [0.15, 0.2) is 6.61 Å². The average Bonchev–Trinajstić information content (AvgIpc) is 2.83. The number of ether oxygens (including phenoxy) is 2. The van der Waals surface area contributed by atoms with Crippen LogP contribution in [0.2, 0.25) is 10.0 Å². The molecule has 4 rings (SSSR count). The minimum absolute atomic E-state index is 0.0518. The number of nitrogens with one attached hydrogen (secondary N) is 1. The number of para-hydroxylation sites is 1. The molecule has 1 saturated heterocycles. The summed E-state index contributed by atoms with van der Waals surface area (Å²) in [6, 6.07) is 22.9. The van der Waals surface area contributed by atoms with Crippen molar-refractivity contribution in [1.82, 2.24) is 0 Å². The molecule has 0 aromatic heterocycles. The summed E-state index contributed by atoms with van der Waals surface area (Å²) in [6.45, 7) is 4.97. The molecule has 6 heteroatoms. The average molecular weight is 498 g/mol. The smallest absolute Gasteiger partial charge is 0.262 e. The van der Waals surface area contributed by atoms with Gasteiger partial charge in [0.05, 0.1) is 12.7 Å². The third kappa shape index (κ3) is 6.12. The Morgan fingerprint density at radius 1 is 1.06 bits per heavy atom. The summed E-state index contributed by atoms with van der Waals surface area (Å²) < 4.78 is 12.2. The van der Waals surface area contributed by atoms with Crippen LogP contribution in [0, 0.1) is 11.8 Å². The predicted octanol–water partition coefficient (Wildman–Crippen LogP) is 7.53. The fraction of sp³-hybridized carbons (Fsp3) is 0.321. The SMILES string of the molecule is CC(C)[C@@H]1C[C@H](c2ccc(Cl)cc2Cl)CO[C@H]1c1cccc(OCC(=O)Nc2ccccc2)c1. The van der Waals surface area contributed by atoms with Crippen LogP contribution in [-0.2, 0) is 9.53 Å². The molecule has 3 aromatic carbocycles. The zero-order valence-electron chi connectivity index (χ0n) is 19.3. The van der Waals surface area contributed by atoms with Crippen molar-refractivity contribution < 1.29 is 14.3 Å². The molecular weight excluding hydrogens is 469 g/mol. The first-order chi connectivity index (χ1) is 16.4. The van der Waals surface area contributed by atoms with Gasteiger partial charge < -0.3 is 14.8 Å². The summed E-state index contributed by atoms with van der Waals surface area (Å²) in [5.41, 5.74) is 2.88. The van der Waals surface area contributed by atoms with Crippen molar-refractivity contribution in [3.63, 3.8) is 0 Å². The number of rotatable bonds is 7. The monoisotopic (exact) mass is 497 g/mol. The van der Waals surface area contributed by atoms with Gasteiger partial charge in [-0.1, -0.05) is 73.4 Å². The maximum absolute atomic E-state index is 12.3. The van der Waals surface area contributed by atoms with E-state index in [4.69, 9.17) is 32.7 Å². The van der Waals surface area contributed by atoms with E-state index in [-0.39, 0.29) is 24.5 Å². The number of carbonyl (C=O) groups excluding carboxylic acids is 1. The molecule has 0 unspecified atom stereocenters. The second-order valence-electron chi connectivity index (χ2n) is 9.04. The molecule has 1 amide bonds. The van der Waals surface area contributed by atoms with Crippen molar-refractivity contribution in [2.45, 2.75) is 32.3 Å². The van der Waals surface area contributed by atoms with Gasteiger partial charge in [-0.25, -0.2) is 0 Å². The normalized spacial score (nSPS) is 20.2. The third-order valence-electron chi connectivity index (χ3n) is 6.30. The topological polar surface area (TPSA) is 47.6 Å². The van der Waals surface area contributed by atoms with Crippen molar-refractivity contribution in [2.24, 2.45) is 11.8 Å². The fourth-order valence-electron chi connectivity index (χ4n) is 4.53. The molecule has 4 nitrogen and oxygen atoms in total. The number of halogens is 2. The molecule has 1 N–H and O–H groups in total. The van der Waals surface area contributed by atoms with Gasteiger partial charge in [-0.2, -0.15) is 0 Å². The first kappa shape index (κ1) is 24.6. The highest BCUT2D eigenvalue weighted by molar-refractivity contribution is 6.35. The van der Waals surface area contributed by atoms with Gasteiger partial charge in [-0.3, -0.25) is 4.79 Å². The van der Waals surface area contributed by atoms with Crippen molar-refractivity contribution >= 4 is 34.8 Å². The zero-order chi connectivity index (χ0) is 24.1. The van der Waals surface area contributed by atoms with Gasteiger partial charge in [0.2, 0.25) is 0 Å². The van der Waals surface area contributed by atoms with Crippen LogP contribution in [0.3, 0.4) is 0 Å². The molecule has 0 radical (unpaired) electrons. The second kappa shape index (κ2) is 11.3. The molecule has 34 heavy (non-hydrogen) atoms. The molecule has 0 aliphatic carbocycles. The molecule has 1 aliphatic heterocycles. The molecule has 3 atom stereocenters. The van der Waals surface area contributed by atoms with E-state index in [0.29, 0.717) is 34.2 Å². The van der Waals surface area contributed by atoms with Crippen molar-refractivity contribution in [2.75, 3.05) is 18.5 Å². The predicted molar refractivity (Wildman–Crippen MR) is 138 cm³/mol. The van der Waals surface area contributed by atoms with Gasteiger partial charge >= 0.3 is 0 Å². The highest BCUT2D eigenvalue weighted by atomic mass is 35.5. The van der Waals surface area contributed by atoms with Gasteiger partial charge in [-0.15, -0.1) is 0 Å². The Labute approximate surface area is 211 Å². The summed E-state index contributed by atoms with van der Waals surface area (Å²) >= 11 is 12.6. The lowest BCUT2D eigenvalue weighted by Gasteiger charge is -2.39. The zero-order valence-corrected chi connectivity index (χ0v) is 20.9. The quantitative estimate of drug-likeness (QED) is 0.366. The molecule has 0 bridgehead atoms. The van der Waals surface area contributed by atoms with Crippen LogP contribution in [-0.4, -0.2) is 19.1 Å². The van der Waals surface area contributed by atoms with Crippen LogP contribution in [0.15, 0.2) is 72.8 Å². The highest BCUT2D eigenvalue weighted by Gasteiger charge is 2.35. The van der Waals surface area contributed by atoms with Crippen LogP contribution in [0.25, 0.3) is 0 Å². The fourth-order valence-corrected chi connectivity index (χ4v) is 5.09. The Kier molecular flexibility index (Phi) is 8.15. The van der Waals surface area contributed by atoms with Crippen molar-refractivity contribution in [3.05, 3.63) is 94.0 Å². The van der Waals surface area contributed by atoms with Crippen molar-refractivity contribution in [1.29, 1.82) is 0 Å². The number of carbonyl (C=O) groups is 1. The number of benzene rings is 3. The number of hydrogen-bond donors (Lipinski definition) is 1. The number of hydrogen-bond acceptors (Lipinski definition) is 3. The number of amides is 1. The van der Waals surface area contributed by atoms with Gasteiger partial charge in [0.1, 0.15) is 5.75 Å². The van der Waals surface area contributed by atoms with Crippen LogP contribution >= 0.6 is 23.2 Å². The summed E-state index contributed by atoms with van der Waals surface area (Å²) in [7, 11) is 0. The molecule has 1 heterocycles. The lowest BCUT2D eigenvalue weighted by atomic mass is 9.76. The Morgan fingerprint density at radius 2 is 1.85 bits per heavy atom. The van der Waals surface area contributed by atoms with Crippen LogP contribution in [0.4, 0.5) is 5.69 Å². The summed E-state index contributed by atoms with van der Waals surface area (Å²) in [5, 5.41) is 4.16. The van der Waals surface area contributed by atoms with E-state index in [1.54, 1.807) is 6.07 Å². The van der Waals surface area contributed by atoms with Gasteiger partial charge in [0.25, 0.3) is 5.91 Å². The third-order valence-corrected chi connectivity index (χ3v) is 6.86.